The van der Waals surface area contributed by atoms with Crippen LogP contribution in [0, 0.1) is 5.92 Å². The van der Waals surface area contributed by atoms with Gasteiger partial charge in [-0.15, -0.1) is 0 Å². The Kier molecular flexibility index (Phi) is 0.664. The van der Waals surface area contributed by atoms with Crippen LogP contribution in [-0.4, -0.2) is 12.6 Å². The van der Waals surface area contributed by atoms with E-state index in [0.717, 1.165) is 18.6 Å². The summed E-state index contributed by atoms with van der Waals surface area (Å²) < 4.78 is 0. The van der Waals surface area contributed by atoms with Crippen molar-refractivity contribution in [3.8, 4) is 0 Å². The van der Waals surface area contributed by atoms with Crippen molar-refractivity contribution in [2.75, 3.05) is 6.61 Å². The molecule has 0 bridgehead atoms. The van der Waals surface area contributed by atoms with Gasteiger partial charge >= 0.3 is 0 Å². The molecule has 1 aliphatic carbocycles. The molecule has 0 spiro atoms. The summed E-state index contributed by atoms with van der Waals surface area (Å²) in [6, 6.07) is 0.722. The van der Waals surface area contributed by atoms with Gasteiger partial charge in [-0.25, -0.2) is 0 Å². The molecule has 0 amide bonds. The maximum Gasteiger partial charge on any atom is 0.0861 e. The third-order valence-electron chi connectivity index (χ3n) is 1.69. The van der Waals surface area contributed by atoms with E-state index in [1.165, 1.54) is 12.8 Å². The lowest BCUT2D eigenvalue weighted by Crippen LogP contribution is -2.47. The Morgan fingerprint density at radius 2 is 2.14 bits per heavy atom. The van der Waals surface area contributed by atoms with Crippen LogP contribution in [0.2, 0.25) is 0 Å². The van der Waals surface area contributed by atoms with Crippen LogP contribution in [0.15, 0.2) is 0 Å². The summed E-state index contributed by atoms with van der Waals surface area (Å²) in [5.74, 6) is 0.966. The fourth-order valence-electron chi connectivity index (χ4n) is 0.910. The molecule has 1 heterocycles. The van der Waals surface area contributed by atoms with Crippen molar-refractivity contribution in [3.05, 3.63) is 0 Å². The molecule has 0 aromatic heterocycles. The highest BCUT2D eigenvalue weighted by atomic mass is 16.7. The summed E-state index contributed by atoms with van der Waals surface area (Å²) in [6.45, 7) is 0.949. The van der Waals surface area contributed by atoms with E-state index in [1.54, 1.807) is 0 Å². The van der Waals surface area contributed by atoms with Crippen LogP contribution in [0.1, 0.15) is 12.8 Å². The van der Waals surface area contributed by atoms with E-state index in [1.807, 2.05) is 0 Å². The second-order valence-corrected chi connectivity index (χ2v) is 2.37. The van der Waals surface area contributed by atoms with E-state index < -0.39 is 0 Å². The van der Waals surface area contributed by atoms with E-state index in [9.17, 15) is 0 Å². The first-order chi connectivity index (χ1) is 3.47. The summed E-state index contributed by atoms with van der Waals surface area (Å²) in [7, 11) is 0. The molecule has 2 heteroatoms. The first kappa shape index (κ1) is 3.87. The molecule has 2 fully saturated rings. The lowest BCUT2D eigenvalue weighted by Gasteiger charge is -2.26. The Morgan fingerprint density at radius 3 is 2.29 bits per heavy atom. The summed E-state index contributed by atoms with van der Waals surface area (Å²) in [4.78, 5) is 4.79. The van der Waals surface area contributed by atoms with Crippen LogP contribution >= 0.6 is 0 Å². The molecule has 0 aromatic carbocycles. The second-order valence-electron chi connectivity index (χ2n) is 2.37. The largest absolute Gasteiger partial charge is 0.300 e. The molecule has 1 unspecified atom stereocenters. The Bertz CT molecular complexity index is 76.1. The number of rotatable bonds is 1. The number of hydroxylamine groups is 1. The van der Waals surface area contributed by atoms with E-state index >= 15 is 0 Å². The lowest BCUT2D eigenvalue weighted by atomic mass is 10.2. The normalized spacial score (nSPS) is 40.3. The number of hydrogen-bond donors (Lipinski definition) is 1. The monoisotopic (exact) mass is 99.1 g/mol. The van der Waals surface area contributed by atoms with Gasteiger partial charge < -0.3 is 0 Å². The Hall–Kier alpha value is -0.0800. The molecule has 0 aromatic rings. The molecule has 2 aliphatic rings. The highest BCUT2D eigenvalue weighted by Crippen LogP contribution is 2.34. The fraction of sp³-hybridized carbons (Fsp3) is 1.00. The topological polar surface area (TPSA) is 21.3 Å². The van der Waals surface area contributed by atoms with Crippen molar-refractivity contribution in [1.29, 1.82) is 0 Å². The maximum absolute atomic E-state index is 4.79. The Labute approximate surface area is 42.8 Å². The smallest absolute Gasteiger partial charge is 0.0861 e. The second kappa shape index (κ2) is 1.20. The van der Waals surface area contributed by atoms with Crippen molar-refractivity contribution >= 4 is 0 Å². The van der Waals surface area contributed by atoms with Gasteiger partial charge in [0.1, 0.15) is 0 Å². The van der Waals surface area contributed by atoms with Gasteiger partial charge in [-0.1, -0.05) is 0 Å². The van der Waals surface area contributed by atoms with E-state index in [4.69, 9.17) is 4.84 Å². The molecule has 1 aliphatic heterocycles. The molecule has 0 radical (unpaired) electrons. The average molecular weight is 99.1 g/mol. The van der Waals surface area contributed by atoms with Crippen LogP contribution in [-0.2, 0) is 4.84 Å². The highest BCUT2D eigenvalue weighted by Gasteiger charge is 2.35. The molecule has 2 rings (SSSR count). The van der Waals surface area contributed by atoms with Gasteiger partial charge in [-0.05, 0) is 18.8 Å². The van der Waals surface area contributed by atoms with Crippen molar-refractivity contribution < 1.29 is 4.84 Å². The van der Waals surface area contributed by atoms with Crippen LogP contribution in [0.4, 0.5) is 0 Å². The maximum atomic E-state index is 4.79. The third kappa shape index (κ3) is 0.545. The minimum absolute atomic E-state index is 0.722. The average Bonchev–Trinajstić information content (AvgIpc) is 2.10. The van der Waals surface area contributed by atoms with Crippen LogP contribution in [0.5, 0.6) is 0 Å². The number of hydrogen-bond acceptors (Lipinski definition) is 2. The lowest BCUT2D eigenvalue weighted by molar-refractivity contribution is -0.105. The van der Waals surface area contributed by atoms with E-state index in [-0.39, 0.29) is 0 Å². The van der Waals surface area contributed by atoms with Gasteiger partial charge in [0, 0.05) is 0 Å². The highest BCUT2D eigenvalue weighted by molar-refractivity contribution is 4.87. The van der Waals surface area contributed by atoms with E-state index in [0.29, 0.717) is 0 Å². The number of nitrogens with one attached hydrogen (secondary N) is 1. The Morgan fingerprint density at radius 1 is 1.43 bits per heavy atom. The zero-order valence-electron chi connectivity index (χ0n) is 4.18. The molecule has 7 heavy (non-hydrogen) atoms. The van der Waals surface area contributed by atoms with Crippen LogP contribution in [0.3, 0.4) is 0 Å². The predicted molar refractivity (Wildman–Crippen MR) is 25.6 cm³/mol. The standard InChI is InChI=1S/C5H9NO/c1-2-4(1)5-3-7-6-5/h4-6H,1-3H2. The van der Waals surface area contributed by atoms with Gasteiger partial charge in [0.25, 0.3) is 0 Å². The van der Waals surface area contributed by atoms with Crippen molar-refractivity contribution in [2.24, 2.45) is 5.92 Å². The molecule has 2 nitrogen and oxygen atoms in total. The molecular weight excluding hydrogens is 90.1 g/mol. The quantitative estimate of drug-likeness (QED) is 0.510. The zero-order valence-corrected chi connectivity index (χ0v) is 4.18. The van der Waals surface area contributed by atoms with Gasteiger partial charge in [-0.3, -0.25) is 4.84 Å². The van der Waals surface area contributed by atoms with Crippen molar-refractivity contribution in [1.82, 2.24) is 5.48 Å². The first-order valence-electron chi connectivity index (χ1n) is 2.84. The predicted octanol–water partition coefficient (Wildman–Crippen LogP) is 0.300. The van der Waals surface area contributed by atoms with Gasteiger partial charge in [0.15, 0.2) is 0 Å². The molecule has 1 N–H and O–H groups in total. The molecule has 1 atom stereocenters. The first-order valence-corrected chi connectivity index (χ1v) is 2.84. The minimum Gasteiger partial charge on any atom is -0.300 e. The molecule has 1 saturated heterocycles. The van der Waals surface area contributed by atoms with Crippen molar-refractivity contribution in [2.45, 2.75) is 18.9 Å². The van der Waals surface area contributed by atoms with Gasteiger partial charge in [-0.2, -0.15) is 5.48 Å². The van der Waals surface area contributed by atoms with Gasteiger partial charge in [0.2, 0.25) is 0 Å². The summed E-state index contributed by atoms with van der Waals surface area (Å²) in [6.07, 6.45) is 2.84. The molecular formula is C5H9NO. The molecule has 1 saturated carbocycles. The summed E-state index contributed by atoms with van der Waals surface area (Å²) in [5.41, 5.74) is 2.91. The van der Waals surface area contributed by atoms with Crippen LogP contribution < -0.4 is 5.48 Å². The van der Waals surface area contributed by atoms with Crippen molar-refractivity contribution in [3.63, 3.8) is 0 Å². The van der Waals surface area contributed by atoms with Gasteiger partial charge in [0.05, 0.1) is 12.6 Å². The third-order valence-corrected chi connectivity index (χ3v) is 1.69. The minimum atomic E-state index is 0.722. The SMILES string of the molecule is C1CC1C1CON1. The Balaban J connectivity index is 1.83. The van der Waals surface area contributed by atoms with Crippen LogP contribution in [0.25, 0.3) is 0 Å². The summed E-state index contributed by atoms with van der Waals surface area (Å²) >= 11 is 0. The molecule has 40 valence electrons. The van der Waals surface area contributed by atoms with E-state index in [2.05, 4.69) is 5.48 Å². The summed E-state index contributed by atoms with van der Waals surface area (Å²) in [5, 5.41) is 0. The zero-order chi connectivity index (χ0) is 4.69. The fourth-order valence-corrected chi connectivity index (χ4v) is 0.910.